The number of hydrogen-bond acceptors (Lipinski definition) is 9. The van der Waals surface area contributed by atoms with E-state index in [0.717, 1.165) is 24.3 Å². The first kappa shape index (κ1) is 26.9. The number of furan rings is 1. The van der Waals surface area contributed by atoms with Crippen LogP contribution in [0.25, 0.3) is 11.0 Å². The predicted octanol–water partition coefficient (Wildman–Crippen LogP) is 4.59. The highest BCUT2D eigenvalue weighted by Gasteiger charge is 2.35. The summed E-state index contributed by atoms with van der Waals surface area (Å²) >= 11 is 1.63. The zero-order valence-electron chi connectivity index (χ0n) is 21.0. The minimum Gasteiger partial charge on any atom is -0.508 e. The average molecular weight is 564 g/mol. The normalized spacial score (nSPS) is 17.3. The fraction of sp³-hybridized carbons (Fsp3) is 0.207. The second-order valence-corrected chi connectivity index (χ2v) is 10.6. The average Bonchev–Trinajstić information content (AvgIpc) is 3.09. The minimum absolute atomic E-state index is 0.0274. The molecule has 1 aliphatic rings. The van der Waals surface area contributed by atoms with Crippen molar-refractivity contribution in [3.05, 3.63) is 82.6 Å². The lowest BCUT2D eigenvalue weighted by Crippen LogP contribution is -2.40. The van der Waals surface area contributed by atoms with Gasteiger partial charge in [0.2, 0.25) is 5.78 Å². The molecule has 0 spiro atoms. The summed E-state index contributed by atoms with van der Waals surface area (Å²) in [5, 5.41) is 54.4. The number of aromatic hydroxyl groups is 4. The van der Waals surface area contributed by atoms with Crippen molar-refractivity contribution in [2.75, 3.05) is 11.5 Å². The van der Waals surface area contributed by atoms with Gasteiger partial charge in [-0.05, 0) is 67.1 Å². The molecule has 0 radical (unpaired) electrons. The number of nitrogens with one attached hydrogen (secondary N) is 1. The fourth-order valence-electron chi connectivity index (χ4n) is 5.00. The lowest BCUT2D eigenvalue weighted by Gasteiger charge is -2.24. The van der Waals surface area contributed by atoms with Gasteiger partial charge in [0, 0.05) is 23.3 Å². The Balaban J connectivity index is 1.58. The third kappa shape index (κ3) is 4.91. The molecule has 4 aromatic rings. The standard InChI is InChI=1S/C29H25NO9S/c31-15-8-6-14(7-9-15)28(36)30-18-13-40-12-2-4-16(18)27-26(35)24-21(39-27)11-10-20(33)23(24)25(34)22-17(29(37)38)3-1-5-19(22)32/h1,3,5-11,16,18,31-33,35H,2,4,12-13H2,(H,30,36)(H,37,38). The molecule has 0 aliphatic carbocycles. The third-order valence-electron chi connectivity index (χ3n) is 6.93. The number of phenols is 3. The molecule has 2 atom stereocenters. The molecule has 0 saturated carbocycles. The molecular weight excluding hydrogens is 538 g/mol. The molecular formula is C29H25NO9S. The van der Waals surface area contributed by atoms with E-state index in [-0.39, 0.29) is 28.4 Å². The topological polar surface area (TPSA) is 178 Å². The van der Waals surface area contributed by atoms with Crippen LogP contribution in [0.2, 0.25) is 0 Å². The van der Waals surface area contributed by atoms with E-state index in [9.17, 15) is 39.9 Å². The molecule has 1 aliphatic heterocycles. The number of carbonyl (C=O) groups is 3. The van der Waals surface area contributed by atoms with Crippen molar-refractivity contribution in [1.29, 1.82) is 0 Å². The van der Waals surface area contributed by atoms with Crippen molar-refractivity contribution >= 4 is 40.4 Å². The van der Waals surface area contributed by atoms with E-state index < -0.39 is 57.7 Å². The third-order valence-corrected chi connectivity index (χ3v) is 8.10. The highest BCUT2D eigenvalue weighted by atomic mass is 32.2. The highest BCUT2D eigenvalue weighted by Crippen LogP contribution is 2.45. The fourth-order valence-corrected chi connectivity index (χ4v) is 6.11. The molecule has 11 heteroatoms. The molecule has 40 heavy (non-hydrogen) atoms. The van der Waals surface area contributed by atoms with Crippen molar-refractivity contribution in [2.24, 2.45) is 0 Å². The van der Waals surface area contributed by atoms with Gasteiger partial charge in [0.1, 0.15) is 22.8 Å². The Morgan fingerprint density at radius 1 is 0.900 bits per heavy atom. The number of rotatable bonds is 6. The second-order valence-electron chi connectivity index (χ2n) is 9.43. The van der Waals surface area contributed by atoms with Crippen molar-refractivity contribution in [3.63, 3.8) is 0 Å². The Labute approximate surface area is 231 Å². The maximum absolute atomic E-state index is 13.6. The number of hydrogen-bond donors (Lipinski definition) is 6. The number of carbonyl (C=O) groups excluding carboxylic acids is 2. The Hall–Kier alpha value is -4.64. The van der Waals surface area contributed by atoms with E-state index in [1.807, 2.05) is 0 Å². The van der Waals surface area contributed by atoms with Gasteiger partial charge in [0.15, 0.2) is 11.5 Å². The number of thioether (sulfide) groups is 1. The van der Waals surface area contributed by atoms with Gasteiger partial charge in [-0.15, -0.1) is 0 Å². The van der Waals surface area contributed by atoms with Gasteiger partial charge in [0.05, 0.1) is 22.1 Å². The van der Waals surface area contributed by atoms with Gasteiger partial charge < -0.3 is 35.3 Å². The van der Waals surface area contributed by atoms with Crippen LogP contribution in [0, 0.1) is 0 Å². The van der Waals surface area contributed by atoms with Crippen LogP contribution in [0.3, 0.4) is 0 Å². The van der Waals surface area contributed by atoms with E-state index in [2.05, 4.69) is 5.32 Å². The molecule has 206 valence electrons. The quantitative estimate of drug-likeness (QED) is 0.182. The lowest BCUT2D eigenvalue weighted by molar-refractivity contribution is 0.0691. The SMILES string of the molecule is O=C(NC1CSCCCC1c1oc2ccc(O)c(C(=O)c3c(O)cccc3C(=O)O)c2c1O)c1ccc(O)cc1. The first-order valence-electron chi connectivity index (χ1n) is 12.4. The highest BCUT2D eigenvalue weighted by molar-refractivity contribution is 7.99. The summed E-state index contributed by atoms with van der Waals surface area (Å²) in [6.07, 6.45) is 1.30. The van der Waals surface area contributed by atoms with Crippen LogP contribution in [0.4, 0.5) is 0 Å². The van der Waals surface area contributed by atoms with E-state index >= 15 is 0 Å². The zero-order valence-corrected chi connectivity index (χ0v) is 21.8. The number of aromatic carboxylic acids is 1. The number of carboxylic acid groups (broad SMARTS) is 1. The largest absolute Gasteiger partial charge is 0.508 e. The minimum atomic E-state index is -1.45. The van der Waals surface area contributed by atoms with Crippen molar-refractivity contribution in [1.82, 2.24) is 5.32 Å². The van der Waals surface area contributed by atoms with Crippen molar-refractivity contribution in [3.8, 4) is 23.0 Å². The number of phenolic OH excluding ortho intramolecular Hbond substituents is 3. The van der Waals surface area contributed by atoms with Gasteiger partial charge in [-0.3, -0.25) is 9.59 Å². The molecule has 6 N–H and O–H groups in total. The van der Waals surface area contributed by atoms with E-state index in [1.54, 1.807) is 11.8 Å². The smallest absolute Gasteiger partial charge is 0.336 e. The Bertz CT molecular complexity index is 1630. The monoisotopic (exact) mass is 563 g/mol. The second kappa shape index (κ2) is 10.9. The first-order valence-corrected chi connectivity index (χ1v) is 13.6. The van der Waals surface area contributed by atoms with Crippen LogP contribution < -0.4 is 5.32 Å². The van der Waals surface area contributed by atoms with Crippen LogP contribution in [-0.2, 0) is 0 Å². The summed E-state index contributed by atoms with van der Waals surface area (Å²) in [4.78, 5) is 38.4. The van der Waals surface area contributed by atoms with E-state index in [1.165, 1.54) is 42.5 Å². The Morgan fingerprint density at radius 2 is 1.62 bits per heavy atom. The zero-order chi connectivity index (χ0) is 28.6. The Morgan fingerprint density at radius 3 is 2.35 bits per heavy atom. The van der Waals surface area contributed by atoms with Gasteiger partial charge in [-0.25, -0.2) is 4.79 Å². The molecule has 2 heterocycles. The van der Waals surface area contributed by atoms with Crippen LogP contribution in [0.5, 0.6) is 23.0 Å². The molecule has 0 bridgehead atoms. The summed E-state index contributed by atoms with van der Waals surface area (Å²) in [6, 6.07) is 11.5. The number of carboxylic acids is 1. The Kier molecular flexibility index (Phi) is 7.31. The molecule has 1 saturated heterocycles. The molecule has 2 unspecified atom stereocenters. The number of amides is 1. The lowest BCUT2D eigenvalue weighted by atomic mass is 9.90. The van der Waals surface area contributed by atoms with Gasteiger partial charge in [-0.2, -0.15) is 11.8 Å². The summed E-state index contributed by atoms with van der Waals surface area (Å²) in [7, 11) is 0. The first-order chi connectivity index (χ1) is 19.2. The maximum atomic E-state index is 13.6. The van der Waals surface area contributed by atoms with Gasteiger partial charge >= 0.3 is 5.97 Å². The van der Waals surface area contributed by atoms with E-state index in [0.29, 0.717) is 17.7 Å². The molecule has 1 amide bonds. The van der Waals surface area contributed by atoms with Crippen molar-refractivity contribution < 1.29 is 44.3 Å². The number of ketones is 1. The van der Waals surface area contributed by atoms with Crippen LogP contribution in [0.15, 0.2) is 59.0 Å². The summed E-state index contributed by atoms with van der Waals surface area (Å²) in [6.45, 7) is 0. The molecule has 1 aromatic heterocycles. The summed E-state index contributed by atoms with van der Waals surface area (Å²) < 4.78 is 6.03. The summed E-state index contributed by atoms with van der Waals surface area (Å²) in [5.41, 5.74) is -1.01. The van der Waals surface area contributed by atoms with Gasteiger partial charge in [0.25, 0.3) is 5.91 Å². The molecule has 1 fully saturated rings. The molecule has 10 nitrogen and oxygen atoms in total. The number of benzene rings is 3. The van der Waals surface area contributed by atoms with Crippen LogP contribution >= 0.6 is 11.8 Å². The van der Waals surface area contributed by atoms with Crippen LogP contribution in [0.1, 0.15) is 61.2 Å². The van der Waals surface area contributed by atoms with Gasteiger partial charge in [-0.1, -0.05) is 6.07 Å². The molecule has 3 aromatic carbocycles. The number of fused-ring (bicyclic) bond motifs is 1. The van der Waals surface area contributed by atoms with Crippen molar-refractivity contribution in [2.45, 2.75) is 24.8 Å². The van der Waals surface area contributed by atoms with E-state index in [4.69, 9.17) is 4.42 Å². The predicted molar refractivity (Wildman–Crippen MR) is 147 cm³/mol. The summed E-state index contributed by atoms with van der Waals surface area (Å²) in [5.74, 6) is -3.39. The van der Waals surface area contributed by atoms with Crippen LogP contribution in [-0.4, -0.2) is 60.7 Å². The molecule has 5 rings (SSSR count). The maximum Gasteiger partial charge on any atom is 0.336 e.